The lowest BCUT2D eigenvalue weighted by atomic mass is 10.1. The zero-order valence-corrected chi connectivity index (χ0v) is 9.49. The fraction of sp³-hybridized carbons (Fsp3) is 0.308. The van der Waals surface area contributed by atoms with Gasteiger partial charge < -0.3 is 4.57 Å². The summed E-state index contributed by atoms with van der Waals surface area (Å²) in [4.78, 5) is 4.40. The van der Waals surface area contributed by atoms with Gasteiger partial charge in [0.1, 0.15) is 0 Å². The molecule has 1 aromatic heterocycles. The molecule has 0 aliphatic carbocycles. The van der Waals surface area contributed by atoms with Gasteiger partial charge in [-0.15, -0.1) is 6.58 Å². The van der Waals surface area contributed by atoms with Gasteiger partial charge in [0.05, 0.1) is 23.4 Å². The van der Waals surface area contributed by atoms with Crippen LogP contribution in [0.2, 0.25) is 0 Å². The molecule has 2 heteroatoms. The number of benzene rings is 1. The molecule has 0 saturated carbocycles. The summed E-state index contributed by atoms with van der Waals surface area (Å²) in [5.74, 6) is 0. The molecule has 2 rings (SSSR count). The number of rotatable bonds is 2. The van der Waals surface area contributed by atoms with Gasteiger partial charge in [-0.05, 0) is 44.0 Å². The van der Waals surface area contributed by atoms with E-state index < -0.39 is 0 Å². The first-order valence-electron chi connectivity index (χ1n) is 5.20. The molecule has 15 heavy (non-hydrogen) atoms. The van der Waals surface area contributed by atoms with Gasteiger partial charge in [0.25, 0.3) is 0 Å². The van der Waals surface area contributed by atoms with Crippen LogP contribution in [0.15, 0.2) is 31.1 Å². The number of nitrogens with zero attached hydrogens (tertiary/aromatic N) is 2. The average Bonchev–Trinajstić information content (AvgIpc) is 2.61. The van der Waals surface area contributed by atoms with Crippen molar-refractivity contribution in [2.24, 2.45) is 0 Å². The van der Waals surface area contributed by atoms with Crippen LogP contribution in [0.5, 0.6) is 0 Å². The minimum absolute atomic E-state index is 0.289. The minimum atomic E-state index is 0.289. The van der Waals surface area contributed by atoms with Gasteiger partial charge in [0.15, 0.2) is 0 Å². The fourth-order valence-electron chi connectivity index (χ4n) is 1.72. The van der Waals surface area contributed by atoms with Crippen molar-refractivity contribution < 1.29 is 0 Å². The Morgan fingerprint density at radius 1 is 1.33 bits per heavy atom. The Labute approximate surface area is 90.3 Å². The van der Waals surface area contributed by atoms with Gasteiger partial charge in [0.2, 0.25) is 0 Å². The molecule has 1 unspecified atom stereocenters. The predicted octanol–water partition coefficient (Wildman–Crippen LogP) is 3.40. The van der Waals surface area contributed by atoms with Crippen LogP contribution in [0.3, 0.4) is 0 Å². The van der Waals surface area contributed by atoms with Crippen LogP contribution in [-0.2, 0) is 0 Å². The van der Waals surface area contributed by atoms with E-state index in [1.807, 2.05) is 12.4 Å². The van der Waals surface area contributed by atoms with Crippen molar-refractivity contribution in [3.05, 3.63) is 42.2 Å². The monoisotopic (exact) mass is 200 g/mol. The van der Waals surface area contributed by atoms with Gasteiger partial charge in [-0.2, -0.15) is 0 Å². The van der Waals surface area contributed by atoms with Crippen LogP contribution >= 0.6 is 0 Å². The second-order valence-corrected chi connectivity index (χ2v) is 4.05. The summed E-state index contributed by atoms with van der Waals surface area (Å²) in [7, 11) is 0. The normalized spacial score (nSPS) is 13.0. The van der Waals surface area contributed by atoms with E-state index in [0.717, 1.165) is 5.52 Å². The summed E-state index contributed by atoms with van der Waals surface area (Å²) in [6.07, 6.45) is 3.81. The Hall–Kier alpha value is -1.57. The van der Waals surface area contributed by atoms with Crippen LogP contribution in [-0.4, -0.2) is 9.55 Å². The molecule has 0 radical (unpaired) electrons. The van der Waals surface area contributed by atoms with E-state index in [0.29, 0.717) is 0 Å². The molecule has 0 fully saturated rings. The molecule has 78 valence electrons. The third-order valence-electron chi connectivity index (χ3n) is 2.97. The zero-order valence-electron chi connectivity index (χ0n) is 9.49. The van der Waals surface area contributed by atoms with E-state index in [1.165, 1.54) is 16.6 Å². The number of aromatic nitrogens is 2. The number of hydrogen-bond donors (Lipinski definition) is 0. The first-order chi connectivity index (χ1) is 7.13. The third kappa shape index (κ3) is 1.56. The van der Waals surface area contributed by atoms with Crippen molar-refractivity contribution >= 4 is 11.0 Å². The summed E-state index contributed by atoms with van der Waals surface area (Å²) in [6, 6.07) is 4.62. The molecule has 0 aliphatic rings. The predicted molar refractivity (Wildman–Crippen MR) is 64.1 cm³/mol. The summed E-state index contributed by atoms with van der Waals surface area (Å²) >= 11 is 0. The molecule has 0 bridgehead atoms. The van der Waals surface area contributed by atoms with Crippen LogP contribution in [0.1, 0.15) is 24.1 Å². The second kappa shape index (κ2) is 3.54. The van der Waals surface area contributed by atoms with Gasteiger partial charge in [-0.3, -0.25) is 0 Å². The second-order valence-electron chi connectivity index (χ2n) is 4.05. The van der Waals surface area contributed by atoms with Gasteiger partial charge in [0, 0.05) is 0 Å². The molecule has 1 aromatic carbocycles. The molecule has 0 amide bonds. The van der Waals surface area contributed by atoms with Crippen molar-refractivity contribution in [3.63, 3.8) is 0 Å². The fourth-order valence-corrected chi connectivity index (χ4v) is 1.72. The highest BCUT2D eigenvalue weighted by Crippen LogP contribution is 2.21. The van der Waals surface area contributed by atoms with E-state index in [4.69, 9.17) is 0 Å². The Kier molecular flexibility index (Phi) is 2.35. The standard InChI is InChI=1S/C13H16N2/c1-5-11(4)15-8-14-12-6-9(2)10(3)7-13(12)15/h5-8,11H,1H2,2-4H3. The van der Waals surface area contributed by atoms with Crippen molar-refractivity contribution in [2.75, 3.05) is 0 Å². The molecule has 1 atom stereocenters. The van der Waals surface area contributed by atoms with Crippen molar-refractivity contribution in [2.45, 2.75) is 26.8 Å². The lowest BCUT2D eigenvalue weighted by Crippen LogP contribution is -1.99. The summed E-state index contributed by atoms with van der Waals surface area (Å²) in [5.41, 5.74) is 4.84. The van der Waals surface area contributed by atoms with Crippen molar-refractivity contribution in [3.8, 4) is 0 Å². The Morgan fingerprint density at radius 2 is 2.00 bits per heavy atom. The summed E-state index contributed by atoms with van der Waals surface area (Å²) < 4.78 is 2.15. The van der Waals surface area contributed by atoms with Crippen LogP contribution < -0.4 is 0 Å². The van der Waals surface area contributed by atoms with Gasteiger partial charge in [-0.25, -0.2) is 4.98 Å². The third-order valence-corrected chi connectivity index (χ3v) is 2.97. The Morgan fingerprint density at radius 3 is 2.67 bits per heavy atom. The highest BCUT2D eigenvalue weighted by molar-refractivity contribution is 5.77. The highest BCUT2D eigenvalue weighted by atomic mass is 15.1. The van der Waals surface area contributed by atoms with E-state index in [-0.39, 0.29) is 6.04 Å². The smallest absolute Gasteiger partial charge is 0.0963 e. The quantitative estimate of drug-likeness (QED) is 0.679. The van der Waals surface area contributed by atoms with Gasteiger partial charge >= 0.3 is 0 Å². The minimum Gasteiger partial charge on any atom is -0.324 e. The zero-order chi connectivity index (χ0) is 11.0. The number of fused-ring (bicyclic) bond motifs is 1. The topological polar surface area (TPSA) is 17.8 Å². The molecular weight excluding hydrogens is 184 g/mol. The van der Waals surface area contributed by atoms with E-state index in [2.05, 4.69) is 49.0 Å². The number of aryl methyl sites for hydroxylation is 2. The van der Waals surface area contributed by atoms with Crippen LogP contribution in [0, 0.1) is 13.8 Å². The van der Waals surface area contributed by atoms with Crippen LogP contribution in [0.4, 0.5) is 0 Å². The first kappa shape index (κ1) is 9.97. The van der Waals surface area contributed by atoms with Crippen LogP contribution in [0.25, 0.3) is 11.0 Å². The molecule has 0 aliphatic heterocycles. The summed E-state index contributed by atoms with van der Waals surface area (Å²) in [5, 5.41) is 0. The van der Waals surface area contributed by atoms with E-state index in [1.54, 1.807) is 0 Å². The number of imidazole rings is 1. The first-order valence-corrected chi connectivity index (χ1v) is 5.20. The highest BCUT2D eigenvalue weighted by Gasteiger charge is 2.07. The maximum absolute atomic E-state index is 4.40. The Bertz CT molecular complexity index is 508. The maximum atomic E-state index is 4.40. The molecule has 1 heterocycles. The molecule has 0 N–H and O–H groups in total. The van der Waals surface area contributed by atoms with Gasteiger partial charge in [-0.1, -0.05) is 6.08 Å². The molecule has 2 nitrogen and oxygen atoms in total. The summed E-state index contributed by atoms with van der Waals surface area (Å²) in [6.45, 7) is 10.2. The van der Waals surface area contributed by atoms with Crippen molar-refractivity contribution in [1.82, 2.24) is 9.55 Å². The maximum Gasteiger partial charge on any atom is 0.0963 e. The van der Waals surface area contributed by atoms with E-state index >= 15 is 0 Å². The molecule has 0 spiro atoms. The molecule has 0 saturated heterocycles. The number of hydrogen-bond acceptors (Lipinski definition) is 1. The average molecular weight is 200 g/mol. The lowest BCUT2D eigenvalue weighted by molar-refractivity contribution is 0.682. The van der Waals surface area contributed by atoms with E-state index in [9.17, 15) is 0 Å². The molecule has 2 aromatic rings. The van der Waals surface area contributed by atoms with Crippen molar-refractivity contribution in [1.29, 1.82) is 0 Å². The SMILES string of the molecule is C=CC(C)n1cnc2cc(C)c(C)cc21. The largest absolute Gasteiger partial charge is 0.324 e. The Balaban J connectivity index is 2.69. The lowest BCUT2D eigenvalue weighted by Gasteiger charge is -2.09. The molecular formula is C13H16N2. The number of allylic oxidation sites excluding steroid dienone is 1.